The third-order valence-corrected chi connectivity index (χ3v) is 5.12. The first-order chi connectivity index (χ1) is 10.6. The van der Waals surface area contributed by atoms with Crippen LogP contribution in [0.15, 0.2) is 55.8 Å². The van der Waals surface area contributed by atoms with Gasteiger partial charge >= 0.3 is 0 Å². The van der Waals surface area contributed by atoms with E-state index in [0.29, 0.717) is 29.1 Å². The summed E-state index contributed by atoms with van der Waals surface area (Å²) in [6.45, 7) is 6.76. The number of ether oxygens (including phenoxy) is 1. The van der Waals surface area contributed by atoms with Crippen LogP contribution in [-0.4, -0.2) is 22.8 Å². The van der Waals surface area contributed by atoms with Gasteiger partial charge in [0.05, 0.1) is 28.0 Å². The molecular formula is C17H19NO3S. The Kier molecular flexibility index (Phi) is 4.16. The molecule has 0 spiro atoms. The van der Waals surface area contributed by atoms with E-state index >= 15 is 0 Å². The highest BCUT2D eigenvalue weighted by Gasteiger charge is 2.28. The molecule has 2 heterocycles. The molecule has 0 aliphatic carbocycles. The molecule has 0 N–H and O–H groups in total. The van der Waals surface area contributed by atoms with E-state index in [4.69, 9.17) is 9.15 Å². The van der Waals surface area contributed by atoms with Crippen LogP contribution in [0.2, 0.25) is 0 Å². The molecule has 1 unspecified atom stereocenters. The summed E-state index contributed by atoms with van der Waals surface area (Å²) in [7, 11) is -1.31. The summed E-state index contributed by atoms with van der Waals surface area (Å²) in [4.78, 5) is 5.89. The molecule has 3 rings (SSSR count). The molecule has 1 aromatic carbocycles. The van der Waals surface area contributed by atoms with E-state index in [1.54, 1.807) is 6.07 Å². The van der Waals surface area contributed by atoms with Crippen molar-refractivity contribution in [2.24, 2.45) is 10.9 Å². The molecule has 5 heteroatoms. The standard InChI is InChI=1S/C17H19NO3S/c1-11(2)14-10-21-17(18-14)16-15(8-9-20-16)22(19)13-6-4-12(3)5-7-13/h4-9,11,14H,10H2,1-3H3/t14-,22?/m1/s1. The number of aliphatic imine (C=N–C) groups is 1. The lowest BCUT2D eigenvalue weighted by atomic mass is 10.1. The number of hydrogen-bond donors (Lipinski definition) is 0. The van der Waals surface area contributed by atoms with Crippen LogP contribution in [0, 0.1) is 12.8 Å². The molecule has 1 aliphatic rings. The predicted molar refractivity (Wildman–Crippen MR) is 85.7 cm³/mol. The summed E-state index contributed by atoms with van der Waals surface area (Å²) in [6.07, 6.45) is 1.53. The smallest absolute Gasteiger partial charge is 0.254 e. The molecule has 0 radical (unpaired) electrons. The van der Waals surface area contributed by atoms with Crippen molar-refractivity contribution in [2.45, 2.75) is 36.6 Å². The van der Waals surface area contributed by atoms with Gasteiger partial charge in [0.25, 0.3) is 5.90 Å². The van der Waals surface area contributed by atoms with Crippen LogP contribution in [-0.2, 0) is 15.5 Å². The average molecular weight is 317 g/mol. The topological polar surface area (TPSA) is 51.8 Å². The molecular weight excluding hydrogens is 298 g/mol. The Bertz CT molecular complexity index is 716. The van der Waals surface area contributed by atoms with Crippen molar-refractivity contribution < 1.29 is 13.4 Å². The van der Waals surface area contributed by atoms with E-state index in [0.717, 1.165) is 10.5 Å². The van der Waals surface area contributed by atoms with E-state index in [-0.39, 0.29) is 6.04 Å². The molecule has 0 saturated heterocycles. The first-order valence-corrected chi connectivity index (χ1v) is 8.48. The minimum Gasteiger partial charge on any atom is -0.473 e. The van der Waals surface area contributed by atoms with Crippen LogP contribution in [0.3, 0.4) is 0 Å². The fourth-order valence-corrected chi connectivity index (χ4v) is 3.36. The van der Waals surface area contributed by atoms with Crippen molar-refractivity contribution in [3.05, 3.63) is 47.9 Å². The van der Waals surface area contributed by atoms with Gasteiger partial charge in [0.2, 0.25) is 5.76 Å². The highest BCUT2D eigenvalue weighted by molar-refractivity contribution is 7.85. The molecule has 22 heavy (non-hydrogen) atoms. The summed E-state index contributed by atoms with van der Waals surface area (Å²) in [6, 6.07) is 9.49. The number of furan rings is 1. The zero-order chi connectivity index (χ0) is 15.7. The van der Waals surface area contributed by atoms with E-state index in [1.807, 2.05) is 31.2 Å². The van der Waals surface area contributed by atoms with Gasteiger partial charge in [0.15, 0.2) is 0 Å². The maximum atomic E-state index is 12.8. The van der Waals surface area contributed by atoms with Gasteiger partial charge in [0, 0.05) is 4.90 Å². The van der Waals surface area contributed by atoms with Crippen molar-refractivity contribution in [2.75, 3.05) is 6.61 Å². The molecule has 1 aromatic heterocycles. The third-order valence-electron chi connectivity index (χ3n) is 3.70. The number of benzene rings is 1. The molecule has 0 fully saturated rings. The normalized spacial score (nSPS) is 19.1. The minimum atomic E-state index is -1.31. The van der Waals surface area contributed by atoms with Crippen LogP contribution in [0.25, 0.3) is 0 Å². The van der Waals surface area contributed by atoms with Crippen molar-refractivity contribution >= 4 is 16.7 Å². The second-order valence-electron chi connectivity index (χ2n) is 5.75. The van der Waals surface area contributed by atoms with Gasteiger partial charge in [-0.05, 0) is 31.0 Å². The first-order valence-electron chi connectivity index (χ1n) is 7.33. The minimum absolute atomic E-state index is 0.126. The van der Waals surface area contributed by atoms with E-state index in [2.05, 4.69) is 18.8 Å². The fourth-order valence-electron chi connectivity index (χ4n) is 2.24. The quantitative estimate of drug-likeness (QED) is 0.866. The molecule has 0 bridgehead atoms. The fraction of sp³-hybridized carbons (Fsp3) is 0.353. The molecule has 2 atom stereocenters. The van der Waals surface area contributed by atoms with Gasteiger partial charge in [-0.3, -0.25) is 0 Å². The lowest BCUT2D eigenvalue weighted by Gasteiger charge is -2.06. The van der Waals surface area contributed by atoms with Crippen molar-refractivity contribution in [3.63, 3.8) is 0 Å². The summed E-state index contributed by atoms with van der Waals surface area (Å²) < 4.78 is 23.9. The van der Waals surface area contributed by atoms with Crippen molar-refractivity contribution in [3.8, 4) is 0 Å². The third kappa shape index (κ3) is 2.86. The molecule has 0 amide bonds. The van der Waals surface area contributed by atoms with E-state index in [1.165, 1.54) is 6.26 Å². The molecule has 4 nitrogen and oxygen atoms in total. The number of aryl methyl sites for hydroxylation is 1. The zero-order valence-corrected chi connectivity index (χ0v) is 13.7. The molecule has 2 aromatic rings. The average Bonchev–Trinajstić information content (AvgIpc) is 3.16. The predicted octanol–water partition coefficient (Wildman–Crippen LogP) is 3.56. The van der Waals surface area contributed by atoms with Crippen molar-refractivity contribution in [1.29, 1.82) is 0 Å². The van der Waals surface area contributed by atoms with Crippen LogP contribution >= 0.6 is 0 Å². The summed E-state index contributed by atoms with van der Waals surface area (Å²) in [5.41, 5.74) is 1.14. The molecule has 116 valence electrons. The molecule has 0 saturated carbocycles. The first kappa shape index (κ1) is 15.0. The Morgan fingerprint density at radius 2 is 1.95 bits per heavy atom. The summed E-state index contributed by atoms with van der Waals surface area (Å²) in [5.74, 6) is 1.33. The van der Waals surface area contributed by atoms with Gasteiger partial charge in [-0.2, -0.15) is 0 Å². The van der Waals surface area contributed by atoms with Gasteiger partial charge in [0.1, 0.15) is 6.61 Å². The van der Waals surface area contributed by atoms with Gasteiger partial charge in [-0.25, -0.2) is 9.20 Å². The van der Waals surface area contributed by atoms with Crippen molar-refractivity contribution in [1.82, 2.24) is 0 Å². The van der Waals surface area contributed by atoms with Crippen LogP contribution in [0.5, 0.6) is 0 Å². The Morgan fingerprint density at radius 1 is 1.23 bits per heavy atom. The Balaban J connectivity index is 1.91. The zero-order valence-electron chi connectivity index (χ0n) is 12.9. The van der Waals surface area contributed by atoms with Gasteiger partial charge in [-0.1, -0.05) is 31.5 Å². The van der Waals surface area contributed by atoms with Gasteiger partial charge < -0.3 is 9.15 Å². The van der Waals surface area contributed by atoms with Gasteiger partial charge in [-0.15, -0.1) is 0 Å². The molecule has 1 aliphatic heterocycles. The number of hydrogen-bond acceptors (Lipinski definition) is 4. The highest BCUT2D eigenvalue weighted by atomic mass is 32.2. The van der Waals surface area contributed by atoms with Crippen LogP contribution in [0.4, 0.5) is 0 Å². The monoisotopic (exact) mass is 317 g/mol. The van der Waals surface area contributed by atoms with E-state index < -0.39 is 10.8 Å². The Labute approximate surface area is 132 Å². The maximum absolute atomic E-state index is 12.8. The van der Waals surface area contributed by atoms with Crippen LogP contribution < -0.4 is 0 Å². The Morgan fingerprint density at radius 3 is 2.59 bits per heavy atom. The van der Waals surface area contributed by atoms with E-state index in [9.17, 15) is 4.21 Å². The number of nitrogens with zero attached hydrogens (tertiary/aromatic N) is 1. The lowest BCUT2D eigenvalue weighted by molar-refractivity contribution is 0.286. The summed E-state index contributed by atoms with van der Waals surface area (Å²) in [5, 5.41) is 0. The highest BCUT2D eigenvalue weighted by Crippen LogP contribution is 2.26. The second kappa shape index (κ2) is 6.08. The SMILES string of the molecule is Cc1ccc(S(=O)c2ccoc2C2=N[C@@H](C(C)C)CO2)cc1. The maximum Gasteiger partial charge on any atom is 0.254 e. The lowest BCUT2D eigenvalue weighted by Crippen LogP contribution is -2.13. The van der Waals surface area contributed by atoms with Crippen LogP contribution in [0.1, 0.15) is 25.2 Å². The number of rotatable bonds is 4. The summed E-state index contributed by atoms with van der Waals surface area (Å²) >= 11 is 0. The Hall–Kier alpha value is -1.88. The second-order valence-corrected chi connectivity index (χ2v) is 7.20. The largest absolute Gasteiger partial charge is 0.473 e.